The first kappa shape index (κ1) is 11.5. The van der Waals surface area contributed by atoms with Crippen LogP contribution < -0.4 is 10.5 Å². The van der Waals surface area contributed by atoms with Gasteiger partial charge in [-0.1, -0.05) is 5.16 Å². The van der Waals surface area contributed by atoms with E-state index in [4.69, 9.17) is 15.0 Å². The van der Waals surface area contributed by atoms with Crippen molar-refractivity contribution in [2.45, 2.75) is 20.8 Å². The summed E-state index contributed by atoms with van der Waals surface area (Å²) in [4.78, 5) is 0. The lowest BCUT2D eigenvalue weighted by Gasteiger charge is -2.14. The minimum atomic E-state index is 0.348. The lowest BCUT2D eigenvalue weighted by atomic mass is 9.93. The molecular weight excluding hydrogens is 216 g/mol. The zero-order valence-corrected chi connectivity index (χ0v) is 10.5. The molecular formula is C13H16N2O2. The van der Waals surface area contributed by atoms with Crippen LogP contribution in [0.4, 0.5) is 5.88 Å². The van der Waals surface area contributed by atoms with Gasteiger partial charge in [0.05, 0.1) is 18.9 Å². The summed E-state index contributed by atoms with van der Waals surface area (Å²) in [5.41, 5.74) is 11.0. The van der Waals surface area contributed by atoms with Gasteiger partial charge in [0.15, 0.2) is 0 Å². The van der Waals surface area contributed by atoms with E-state index in [0.717, 1.165) is 33.6 Å². The molecule has 90 valence electrons. The molecule has 0 atom stereocenters. The van der Waals surface area contributed by atoms with Gasteiger partial charge in [0.2, 0.25) is 5.88 Å². The largest absolute Gasteiger partial charge is 0.496 e. The molecule has 17 heavy (non-hydrogen) atoms. The molecule has 0 radical (unpaired) electrons. The summed E-state index contributed by atoms with van der Waals surface area (Å²) in [5.74, 6) is 1.24. The summed E-state index contributed by atoms with van der Waals surface area (Å²) in [6.45, 7) is 6.10. The highest BCUT2D eigenvalue weighted by Crippen LogP contribution is 2.36. The molecule has 0 saturated carbocycles. The molecule has 1 aromatic heterocycles. The molecule has 2 aromatic rings. The predicted molar refractivity (Wildman–Crippen MR) is 67.1 cm³/mol. The first-order chi connectivity index (χ1) is 8.06. The van der Waals surface area contributed by atoms with Crippen molar-refractivity contribution in [2.24, 2.45) is 0 Å². The van der Waals surface area contributed by atoms with E-state index in [0.29, 0.717) is 5.88 Å². The maximum absolute atomic E-state index is 5.77. The summed E-state index contributed by atoms with van der Waals surface area (Å²) < 4.78 is 10.3. The Hall–Kier alpha value is -1.97. The standard InChI is InChI=1S/C13H16N2O2/c1-7-5-11(16-4)8(2)9(3)12(7)10-6-15-17-13(10)14/h5-6H,14H2,1-4H3. The lowest BCUT2D eigenvalue weighted by Crippen LogP contribution is -1.97. The Kier molecular flexibility index (Phi) is 2.79. The van der Waals surface area contributed by atoms with Crippen molar-refractivity contribution in [3.63, 3.8) is 0 Å². The average Bonchev–Trinajstić information content (AvgIpc) is 2.70. The number of nitrogens with two attached hydrogens (primary N) is 1. The number of aryl methyl sites for hydroxylation is 1. The van der Waals surface area contributed by atoms with E-state index in [1.165, 1.54) is 0 Å². The van der Waals surface area contributed by atoms with Crippen LogP contribution in [0.3, 0.4) is 0 Å². The molecule has 0 amide bonds. The molecule has 1 aromatic carbocycles. The van der Waals surface area contributed by atoms with Crippen molar-refractivity contribution in [1.29, 1.82) is 0 Å². The number of aromatic nitrogens is 1. The van der Waals surface area contributed by atoms with Crippen molar-refractivity contribution in [2.75, 3.05) is 12.8 Å². The molecule has 0 aliphatic heterocycles. The van der Waals surface area contributed by atoms with Gasteiger partial charge in [-0.2, -0.15) is 0 Å². The van der Waals surface area contributed by atoms with E-state index < -0.39 is 0 Å². The van der Waals surface area contributed by atoms with Gasteiger partial charge in [-0.3, -0.25) is 0 Å². The van der Waals surface area contributed by atoms with Crippen LogP contribution in [0.25, 0.3) is 11.1 Å². The number of methoxy groups -OCH3 is 1. The van der Waals surface area contributed by atoms with Crippen LogP contribution in [0.2, 0.25) is 0 Å². The Morgan fingerprint density at radius 3 is 2.47 bits per heavy atom. The van der Waals surface area contributed by atoms with Crippen LogP contribution in [0, 0.1) is 20.8 Å². The second-order valence-corrected chi connectivity index (χ2v) is 4.12. The molecule has 0 spiro atoms. The number of hydrogen-bond donors (Lipinski definition) is 1. The molecule has 0 saturated heterocycles. The van der Waals surface area contributed by atoms with Crippen LogP contribution in [0.15, 0.2) is 16.8 Å². The van der Waals surface area contributed by atoms with Crippen LogP contribution in [-0.2, 0) is 0 Å². The van der Waals surface area contributed by atoms with E-state index in [2.05, 4.69) is 5.16 Å². The number of benzene rings is 1. The lowest BCUT2D eigenvalue weighted by molar-refractivity contribution is 0.411. The van der Waals surface area contributed by atoms with Gasteiger partial charge in [0.25, 0.3) is 0 Å². The summed E-state index contributed by atoms with van der Waals surface area (Å²) in [7, 11) is 1.68. The van der Waals surface area contributed by atoms with E-state index in [1.807, 2.05) is 26.8 Å². The first-order valence-corrected chi connectivity index (χ1v) is 5.41. The normalized spacial score (nSPS) is 10.6. The first-order valence-electron chi connectivity index (χ1n) is 5.41. The van der Waals surface area contributed by atoms with E-state index in [1.54, 1.807) is 13.3 Å². The van der Waals surface area contributed by atoms with Gasteiger partial charge in [-0.05, 0) is 49.1 Å². The van der Waals surface area contributed by atoms with Gasteiger partial charge in [-0.25, -0.2) is 0 Å². The zero-order valence-electron chi connectivity index (χ0n) is 10.5. The molecule has 0 fully saturated rings. The molecule has 4 nitrogen and oxygen atoms in total. The number of nitrogen functional groups attached to an aromatic ring is 1. The molecule has 0 unspecified atom stereocenters. The third-order valence-corrected chi connectivity index (χ3v) is 3.14. The highest BCUT2D eigenvalue weighted by atomic mass is 16.5. The molecule has 0 aliphatic rings. The quantitative estimate of drug-likeness (QED) is 0.864. The van der Waals surface area contributed by atoms with E-state index in [-0.39, 0.29) is 0 Å². The van der Waals surface area contributed by atoms with E-state index in [9.17, 15) is 0 Å². The SMILES string of the molecule is COc1cc(C)c(-c2cnoc2N)c(C)c1C. The number of nitrogens with zero attached hydrogens (tertiary/aromatic N) is 1. The van der Waals surface area contributed by atoms with Crippen molar-refractivity contribution >= 4 is 5.88 Å². The summed E-state index contributed by atoms with van der Waals surface area (Å²) >= 11 is 0. The Balaban J connectivity index is 2.72. The Morgan fingerprint density at radius 1 is 1.24 bits per heavy atom. The van der Waals surface area contributed by atoms with E-state index >= 15 is 0 Å². The maximum Gasteiger partial charge on any atom is 0.229 e. The smallest absolute Gasteiger partial charge is 0.229 e. The summed E-state index contributed by atoms with van der Waals surface area (Å²) in [6, 6.07) is 2.00. The monoisotopic (exact) mass is 232 g/mol. The highest BCUT2D eigenvalue weighted by Gasteiger charge is 2.16. The fourth-order valence-corrected chi connectivity index (χ4v) is 2.11. The third-order valence-electron chi connectivity index (χ3n) is 3.14. The molecule has 0 aliphatic carbocycles. The average molecular weight is 232 g/mol. The van der Waals surface area contributed by atoms with Crippen LogP contribution in [0.5, 0.6) is 5.75 Å². The summed E-state index contributed by atoms with van der Waals surface area (Å²) in [6.07, 6.45) is 1.65. The van der Waals surface area contributed by atoms with Crippen LogP contribution >= 0.6 is 0 Å². The van der Waals surface area contributed by atoms with Crippen molar-refractivity contribution in [3.8, 4) is 16.9 Å². The molecule has 0 bridgehead atoms. The van der Waals surface area contributed by atoms with Gasteiger partial charge < -0.3 is 15.0 Å². The number of ether oxygens (including phenoxy) is 1. The van der Waals surface area contributed by atoms with Crippen molar-refractivity contribution < 1.29 is 9.26 Å². The van der Waals surface area contributed by atoms with Gasteiger partial charge in [-0.15, -0.1) is 0 Å². The fraction of sp³-hybridized carbons (Fsp3) is 0.308. The zero-order chi connectivity index (χ0) is 12.6. The Bertz CT molecular complexity index is 559. The Morgan fingerprint density at radius 2 is 1.94 bits per heavy atom. The molecule has 2 N–H and O–H groups in total. The molecule has 2 rings (SSSR count). The van der Waals surface area contributed by atoms with Gasteiger partial charge >= 0.3 is 0 Å². The van der Waals surface area contributed by atoms with Gasteiger partial charge in [0.1, 0.15) is 5.75 Å². The molecule has 1 heterocycles. The minimum Gasteiger partial charge on any atom is -0.496 e. The van der Waals surface area contributed by atoms with Crippen molar-refractivity contribution in [3.05, 3.63) is 29.0 Å². The third kappa shape index (κ3) is 1.75. The predicted octanol–water partition coefficient (Wildman–Crippen LogP) is 2.86. The highest BCUT2D eigenvalue weighted by molar-refractivity contribution is 5.79. The summed E-state index contributed by atoms with van der Waals surface area (Å²) in [5, 5.41) is 3.72. The second-order valence-electron chi connectivity index (χ2n) is 4.12. The number of anilines is 1. The topological polar surface area (TPSA) is 61.3 Å². The molecule has 4 heteroatoms. The number of hydrogen-bond acceptors (Lipinski definition) is 4. The Labute approximate surface area is 100 Å². The van der Waals surface area contributed by atoms with Gasteiger partial charge in [0, 0.05) is 0 Å². The van der Waals surface area contributed by atoms with Crippen molar-refractivity contribution in [1.82, 2.24) is 5.16 Å². The fourth-order valence-electron chi connectivity index (χ4n) is 2.11. The van der Waals surface area contributed by atoms with Crippen LogP contribution in [-0.4, -0.2) is 12.3 Å². The van der Waals surface area contributed by atoms with Crippen LogP contribution in [0.1, 0.15) is 16.7 Å². The second kappa shape index (κ2) is 4.13. The minimum absolute atomic E-state index is 0.348. The number of rotatable bonds is 2. The maximum atomic E-state index is 5.77.